The van der Waals surface area contributed by atoms with Crippen LogP contribution in [-0.4, -0.2) is 40.1 Å². The van der Waals surface area contributed by atoms with Gasteiger partial charge in [0.05, 0.1) is 22.5 Å². The van der Waals surface area contributed by atoms with E-state index < -0.39 is 34.0 Å². The van der Waals surface area contributed by atoms with Gasteiger partial charge in [0.25, 0.3) is 5.91 Å². The van der Waals surface area contributed by atoms with Crippen LogP contribution in [0.5, 0.6) is 5.75 Å². The Morgan fingerprint density at radius 2 is 1.97 bits per heavy atom. The van der Waals surface area contributed by atoms with Crippen LogP contribution < -0.4 is 3.71 Å². The quantitative estimate of drug-likeness (QED) is 0.598. The Hall–Kier alpha value is -2.89. The number of nitrogens with zero attached hydrogens (tertiary/aromatic N) is 3. The van der Waals surface area contributed by atoms with Crippen LogP contribution in [0, 0.1) is 5.82 Å². The number of fused-ring (bicyclic) bond motifs is 2. The van der Waals surface area contributed by atoms with Crippen LogP contribution >= 0.6 is 0 Å². The van der Waals surface area contributed by atoms with Gasteiger partial charge in [-0.05, 0) is 29.8 Å². The predicted octanol–water partition coefficient (Wildman–Crippen LogP) is 2.13. The van der Waals surface area contributed by atoms with E-state index in [4.69, 9.17) is 0 Å². The Kier molecular flexibility index (Phi) is 5.26. The number of pyridine rings is 1. The van der Waals surface area contributed by atoms with Crippen molar-refractivity contribution in [3.63, 3.8) is 0 Å². The summed E-state index contributed by atoms with van der Waals surface area (Å²) in [7, 11) is -1.96. The van der Waals surface area contributed by atoms with Crippen molar-refractivity contribution in [2.45, 2.75) is 13.1 Å². The normalized spacial score (nSPS) is 15.3. The number of anilines is 1. The molecular weight excluding hydrogens is 433 g/mol. The van der Waals surface area contributed by atoms with E-state index in [1.54, 1.807) is 6.07 Å². The van der Waals surface area contributed by atoms with E-state index in [2.05, 4.69) is 4.98 Å². The molecule has 0 radical (unpaired) electrons. The number of amides is 1. The molecule has 0 fully saturated rings. The molecule has 0 saturated carbocycles. The van der Waals surface area contributed by atoms with Gasteiger partial charge in [-0.25, -0.2) is 12.3 Å². The van der Waals surface area contributed by atoms with Crippen molar-refractivity contribution in [1.82, 2.24) is 9.88 Å². The molecule has 3 aromatic rings. The average molecular weight is 448 g/mol. The number of hydrogen-bond donors (Lipinski definition) is 1. The molecule has 1 aromatic heterocycles. The second-order valence-corrected chi connectivity index (χ2v) is 8.88. The van der Waals surface area contributed by atoms with E-state index in [1.165, 1.54) is 47.7 Å². The Balaban J connectivity index is 1.90. The molecule has 30 heavy (non-hydrogen) atoms. The highest BCUT2D eigenvalue weighted by Gasteiger charge is 2.37. The van der Waals surface area contributed by atoms with E-state index in [1.807, 2.05) is 0 Å². The van der Waals surface area contributed by atoms with Crippen LogP contribution in [0.4, 0.5) is 10.1 Å². The van der Waals surface area contributed by atoms with Crippen LogP contribution in [-0.2, 0) is 35.3 Å². The smallest absolute Gasteiger partial charge is 0.258 e. The third-order valence-corrected chi connectivity index (χ3v) is 6.90. The zero-order valence-corrected chi connectivity index (χ0v) is 17.2. The largest absolute Gasteiger partial charge is 0.754 e. The minimum Gasteiger partial charge on any atom is -0.754 e. The van der Waals surface area contributed by atoms with Crippen molar-refractivity contribution in [1.29, 1.82) is 0 Å². The molecule has 4 rings (SSSR count). The first-order valence-electron chi connectivity index (χ1n) is 8.69. The van der Waals surface area contributed by atoms with Crippen LogP contribution in [0.3, 0.4) is 0 Å². The van der Waals surface area contributed by atoms with Gasteiger partial charge in [-0.1, -0.05) is 12.1 Å². The van der Waals surface area contributed by atoms with Crippen molar-refractivity contribution in [2.75, 3.05) is 9.97 Å². The van der Waals surface area contributed by atoms with Gasteiger partial charge in [0.1, 0.15) is 22.3 Å². The number of rotatable bonds is 5. The first-order valence-corrected chi connectivity index (χ1v) is 11.2. The highest BCUT2D eigenvalue weighted by Crippen LogP contribution is 2.44. The maximum absolute atomic E-state index is 13.2. The van der Waals surface area contributed by atoms with E-state index in [0.29, 0.717) is 9.27 Å². The fraction of sp³-hybridized carbons (Fsp3) is 0.158. The SMILES string of the molecule is CS(=O)N(c1c2c(c(O)c3ncccc13)C(=O)N(Cc1ccc(F)cc1)C2)S(=O)[O-]. The summed E-state index contributed by atoms with van der Waals surface area (Å²) in [5.74, 6) is -1.31. The molecule has 2 heterocycles. The van der Waals surface area contributed by atoms with E-state index in [9.17, 15) is 27.3 Å². The minimum atomic E-state index is -2.90. The lowest BCUT2D eigenvalue weighted by Crippen LogP contribution is -2.28. The number of phenolic OH excluding ortho intramolecular Hbond substituents is 1. The molecule has 1 aliphatic rings. The number of carbonyl (C=O) groups is 1. The van der Waals surface area contributed by atoms with E-state index >= 15 is 0 Å². The van der Waals surface area contributed by atoms with E-state index in [0.717, 1.165) is 0 Å². The monoisotopic (exact) mass is 448 g/mol. The van der Waals surface area contributed by atoms with Crippen molar-refractivity contribution in [3.05, 3.63) is 65.1 Å². The molecule has 0 aliphatic carbocycles. The van der Waals surface area contributed by atoms with Gasteiger partial charge in [-0.2, -0.15) is 0 Å². The summed E-state index contributed by atoms with van der Waals surface area (Å²) in [6.07, 6.45) is 2.60. The van der Waals surface area contributed by atoms with Crippen LogP contribution in [0.15, 0.2) is 42.6 Å². The van der Waals surface area contributed by atoms with Crippen molar-refractivity contribution < 1.29 is 27.3 Å². The van der Waals surface area contributed by atoms with Gasteiger partial charge in [0.2, 0.25) is 0 Å². The molecule has 0 spiro atoms. The number of carbonyl (C=O) groups excluding carboxylic acids is 1. The Morgan fingerprint density at radius 1 is 1.27 bits per heavy atom. The summed E-state index contributed by atoms with van der Waals surface area (Å²) in [6, 6.07) is 8.70. The summed E-state index contributed by atoms with van der Waals surface area (Å²) in [5, 5.41) is 11.0. The van der Waals surface area contributed by atoms with Crippen molar-refractivity contribution >= 4 is 44.7 Å². The third kappa shape index (κ3) is 3.34. The third-order valence-electron chi connectivity index (χ3n) is 4.80. The summed E-state index contributed by atoms with van der Waals surface area (Å²) >= 11 is -2.90. The van der Waals surface area contributed by atoms with Gasteiger partial charge >= 0.3 is 0 Å². The number of aromatic hydroxyl groups is 1. The molecule has 1 N–H and O–H groups in total. The molecule has 8 nitrogen and oxygen atoms in total. The Morgan fingerprint density at radius 3 is 2.60 bits per heavy atom. The number of aromatic nitrogens is 1. The first kappa shape index (κ1) is 20.4. The zero-order valence-electron chi connectivity index (χ0n) is 15.6. The molecule has 2 aromatic carbocycles. The molecule has 2 unspecified atom stereocenters. The second-order valence-electron chi connectivity index (χ2n) is 6.64. The molecule has 0 saturated heterocycles. The molecule has 11 heteroatoms. The van der Waals surface area contributed by atoms with E-state index in [-0.39, 0.29) is 46.6 Å². The highest BCUT2D eigenvalue weighted by atomic mass is 32.3. The number of halogens is 1. The predicted molar refractivity (Wildman–Crippen MR) is 109 cm³/mol. The van der Waals surface area contributed by atoms with Gasteiger partial charge in [0.15, 0.2) is 5.75 Å². The zero-order chi connectivity index (χ0) is 21.6. The first-order chi connectivity index (χ1) is 14.3. The lowest BCUT2D eigenvalue weighted by molar-refractivity contribution is 0.0764. The molecule has 156 valence electrons. The molecule has 1 amide bonds. The van der Waals surface area contributed by atoms with Gasteiger partial charge < -0.3 is 14.6 Å². The van der Waals surface area contributed by atoms with Gasteiger partial charge in [-0.15, -0.1) is 0 Å². The Bertz CT molecular complexity index is 1210. The number of hydrogen-bond acceptors (Lipinski definition) is 6. The summed E-state index contributed by atoms with van der Waals surface area (Å²) < 4.78 is 49.8. The minimum absolute atomic E-state index is 0.0236. The van der Waals surface area contributed by atoms with Crippen LogP contribution in [0.25, 0.3) is 10.9 Å². The number of benzene rings is 2. The molecule has 0 bridgehead atoms. The second kappa shape index (κ2) is 7.74. The molecule has 1 aliphatic heterocycles. The summed E-state index contributed by atoms with van der Waals surface area (Å²) in [5.41, 5.74) is 0.877. The standard InChI is InChI=1S/C19H16FN3O5S2/c1-29(26)23(30(27)28)17-13-3-2-8-21-16(13)18(24)15-14(17)10-22(19(15)25)9-11-4-6-12(20)7-5-11/h2-8,24H,9-10H2,1H3,(H,27,28)/p-1. The van der Waals surface area contributed by atoms with Gasteiger partial charge in [-0.3, -0.25) is 14.0 Å². The Labute approximate surface area is 176 Å². The van der Waals surface area contributed by atoms with Crippen LogP contribution in [0.2, 0.25) is 0 Å². The molecular formula is C19H15FN3O5S2-. The van der Waals surface area contributed by atoms with Crippen LogP contribution in [0.1, 0.15) is 21.5 Å². The molecule has 2 atom stereocenters. The topological polar surface area (TPSA) is 114 Å². The average Bonchev–Trinajstić information content (AvgIpc) is 3.02. The highest BCUT2D eigenvalue weighted by molar-refractivity contribution is 8.01. The van der Waals surface area contributed by atoms with Crippen molar-refractivity contribution in [3.8, 4) is 5.75 Å². The maximum Gasteiger partial charge on any atom is 0.258 e. The summed E-state index contributed by atoms with van der Waals surface area (Å²) in [4.78, 5) is 18.5. The number of phenols is 1. The lowest BCUT2D eigenvalue weighted by atomic mass is 10.0. The summed E-state index contributed by atoms with van der Waals surface area (Å²) in [6.45, 7) is 0.0935. The lowest BCUT2D eigenvalue weighted by Gasteiger charge is -2.26. The fourth-order valence-electron chi connectivity index (χ4n) is 3.57. The van der Waals surface area contributed by atoms with Crippen molar-refractivity contribution in [2.24, 2.45) is 0 Å². The van der Waals surface area contributed by atoms with Gasteiger partial charge in [0, 0.05) is 36.5 Å². The maximum atomic E-state index is 13.2. The fourth-order valence-corrected chi connectivity index (χ4v) is 5.08.